The Bertz CT molecular complexity index is 5150. The van der Waals surface area contributed by atoms with Gasteiger partial charge < -0.3 is 143 Å². The molecule has 1 aliphatic heterocycles. The fraction of sp³-hybridized carbons (Fsp3) is 0.615. The van der Waals surface area contributed by atoms with Crippen molar-refractivity contribution in [2.24, 2.45) is 35.0 Å². The number of carboxylic acids is 1. The highest BCUT2D eigenvalue weighted by molar-refractivity contribution is 14.1. The molecule has 5 aromatic rings. The Labute approximate surface area is 892 Å². The van der Waals surface area contributed by atoms with E-state index in [-0.39, 0.29) is 152 Å². The lowest BCUT2D eigenvalue weighted by Gasteiger charge is -2.37. The minimum absolute atomic E-state index is 0.00159. The van der Waals surface area contributed by atoms with Gasteiger partial charge in [0.2, 0.25) is 94.5 Å². The van der Waals surface area contributed by atoms with E-state index in [1.54, 1.807) is 102 Å². The summed E-state index contributed by atoms with van der Waals surface area (Å²) in [5, 5.41) is 77.8. The van der Waals surface area contributed by atoms with Gasteiger partial charge in [-0.2, -0.15) is 0 Å². The lowest BCUT2D eigenvalue weighted by atomic mass is 9.96. The van der Waals surface area contributed by atoms with Crippen LogP contribution in [0.25, 0.3) is 10.9 Å². The average Bonchev–Trinajstić information content (AvgIpc) is 1.67. The number of hydrogen-bond acceptors (Lipinski definition) is 26. The van der Waals surface area contributed by atoms with Crippen LogP contribution in [0.15, 0.2) is 97.6 Å². The third-order valence-corrected chi connectivity index (χ3v) is 25.9. The van der Waals surface area contributed by atoms with Gasteiger partial charge in [-0.15, -0.1) is 0 Å². The monoisotopic (exact) mass is 2210 g/mol. The maximum absolute atomic E-state index is 14.9. The first kappa shape index (κ1) is 126. The minimum Gasteiger partial charge on any atom is -0.480 e. The number of fused-ring (bicyclic) bond motifs is 1. The zero-order valence-electron chi connectivity index (χ0n) is 88.8. The number of benzene rings is 3. The number of H-pyrrole nitrogens is 2. The molecule has 3 aromatic carbocycles. The van der Waals surface area contributed by atoms with Crippen molar-refractivity contribution >= 4 is 134 Å². The Morgan fingerprint density at radius 3 is 1.67 bits per heavy atom. The van der Waals surface area contributed by atoms with Crippen LogP contribution in [0.3, 0.4) is 0 Å². The van der Waals surface area contributed by atoms with E-state index in [0.717, 1.165) is 15.6 Å². The van der Waals surface area contributed by atoms with E-state index in [4.69, 9.17) is 21.9 Å². The molecule has 1 aliphatic rings. The summed E-state index contributed by atoms with van der Waals surface area (Å²) in [6, 6.07) is 12.2. The molecule has 45 nitrogen and oxygen atoms in total. The quantitative estimate of drug-likeness (QED) is 0.0176. The molecule has 832 valence electrons. The van der Waals surface area contributed by atoms with E-state index in [2.05, 4.69) is 139 Å². The molecule has 46 heteroatoms. The Morgan fingerprint density at radius 2 is 1.07 bits per heavy atom. The number of unbranched alkanes of at least 4 members (excludes halogenated alkanes) is 1. The van der Waals surface area contributed by atoms with Gasteiger partial charge in [0.1, 0.15) is 48.3 Å². The van der Waals surface area contributed by atoms with Gasteiger partial charge in [-0.05, 0) is 181 Å². The van der Waals surface area contributed by atoms with Crippen molar-refractivity contribution in [2.45, 2.75) is 301 Å². The molecule has 10 atom stereocenters. The summed E-state index contributed by atoms with van der Waals surface area (Å²) >= 11 is 2.25. The fourth-order valence-electron chi connectivity index (χ4n) is 17.0. The van der Waals surface area contributed by atoms with Gasteiger partial charge >= 0.3 is 5.97 Å². The lowest BCUT2D eigenvalue weighted by Crippen LogP contribution is -2.66. The largest absolute Gasteiger partial charge is 0.480 e. The summed E-state index contributed by atoms with van der Waals surface area (Å²) < 4.78 is 7.47. The standard InChI is InChI=1S/C104H164IN25O20/c1-13-109-59-104(130-88(137)33-22-31-85(134)120-76(100(148)149)29-19-20-41-115-84(133)30-21-26-68-35-37-71(105)38-36-68)60-112-44-42-110-57-103(56-106,58-111-43-45-113-61-104)129-87(136)34-23-32-86(135)128-101(9,10)62-150-102(11,12)52-90(139)122-79(48-69-24-15-14-16-25-69)97(145)124-75(39-40-83(107)132)95(143)126-80(49-70-53-116-74-28-18-17-27-73(70)74)96(144)119-67(8)94(142)127-92(66(6)7)99(147)117-55-91(140)123-81(50-72-54-114-63-118-72)98(146)125-77(46-64(2)3)82(131)51-89(138)121-78(93(108)141)47-65(4)5/h14-18,24-25,27-28,35-38,53-54,63-67,75-82,92,109-113,116,131H,13,19-23,26,29-34,39-52,55-62,106H2,1-12H3,(H2,107,132)(H2,108,141)(H,114,118)(H,115,133)(H,117,147)(H,119,144)(H,120,134)(H,121,138)(H,122,139)(H,123,140)(H,124,145)(H,125,146)(H,126,143)(H,127,142)(H,128,135)(H,129,136)(H,130,137)(H,148,149). The molecule has 0 radical (unpaired) electrons. The van der Waals surface area contributed by atoms with Crippen LogP contribution in [0.5, 0.6) is 0 Å². The van der Waals surface area contributed by atoms with Crippen LogP contribution in [-0.2, 0) is 112 Å². The highest BCUT2D eigenvalue weighted by Crippen LogP contribution is 2.24. The Balaban J connectivity index is 0.995. The third kappa shape index (κ3) is 48.4. The van der Waals surface area contributed by atoms with Crippen molar-refractivity contribution in [3.05, 3.63) is 124 Å². The highest BCUT2D eigenvalue weighted by atomic mass is 127. The minimum atomic E-state index is -1.59. The maximum Gasteiger partial charge on any atom is 0.326 e. The number of likely N-dealkylation sites (N-methyl/N-ethyl adjacent to an activating group) is 1. The summed E-state index contributed by atoms with van der Waals surface area (Å²) in [6.45, 7) is 24.4. The van der Waals surface area contributed by atoms with Crippen LogP contribution in [0.2, 0.25) is 0 Å². The van der Waals surface area contributed by atoms with Gasteiger partial charge in [-0.1, -0.05) is 109 Å². The van der Waals surface area contributed by atoms with Crippen LogP contribution in [0.1, 0.15) is 215 Å². The van der Waals surface area contributed by atoms with E-state index in [9.17, 15) is 91.7 Å². The number of nitrogens with zero attached hydrogens (tertiary/aromatic N) is 1. The SMILES string of the molecule is CCNCC1(NC(=O)CCCC(=O)NC(CCCCNC(=O)CCCc2ccc(I)cc2)C(=O)O)CNCCNCC(CN)(NC(=O)CCCC(=O)NC(C)(C)COC(C)(C)CC(=O)NC(Cc2ccccc2)C(=O)NC(CCC(N)=O)C(=O)NC(Cc2c[nH]c3ccccc23)C(=O)NC(C)C(=O)NC(C(=O)NCC(=O)NC(Cc2c[nH]cn2)C(=O)NC(CC(C)C)C(O)CC(=O)NC(CC(C)C)C(N)=O)C(C)C)CNCCNC1. The Morgan fingerprint density at radius 1 is 0.513 bits per heavy atom. The van der Waals surface area contributed by atoms with Crippen LogP contribution < -0.4 is 118 Å². The van der Waals surface area contributed by atoms with Gasteiger partial charge in [0.05, 0.1) is 72.4 Å². The van der Waals surface area contributed by atoms with Gasteiger partial charge in [0.15, 0.2) is 0 Å². The van der Waals surface area contributed by atoms with Gasteiger partial charge in [0.25, 0.3) is 0 Å². The molecule has 0 spiro atoms. The first-order chi connectivity index (χ1) is 71.1. The number of primary amides is 2. The zero-order valence-corrected chi connectivity index (χ0v) is 90.9. The van der Waals surface area contributed by atoms with Crippen molar-refractivity contribution in [3.8, 4) is 0 Å². The lowest BCUT2D eigenvalue weighted by molar-refractivity contribution is -0.142. The molecule has 6 rings (SSSR count). The molecule has 0 saturated carbocycles. The second-order valence-corrected chi connectivity index (χ2v) is 42.5. The van der Waals surface area contributed by atoms with E-state index >= 15 is 0 Å². The summed E-state index contributed by atoms with van der Waals surface area (Å²) in [7, 11) is 0. The molecular formula is C104H164IN25O20. The first-order valence-electron chi connectivity index (χ1n) is 51.9. The van der Waals surface area contributed by atoms with Crippen molar-refractivity contribution in [2.75, 3.05) is 91.7 Å². The van der Waals surface area contributed by atoms with Gasteiger partial charge in [-0.25, -0.2) is 9.78 Å². The summed E-state index contributed by atoms with van der Waals surface area (Å²) in [5.41, 5.74) is 17.0. The predicted octanol–water partition coefficient (Wildman–Crippen LogP) is -0.262. The molecule has 150 heavy (non-hydrogen) atoms. The second-order valence-electron chi connectivity index (χ2n) is 41.2. The van der Waals surface area contributed by atoms with Gasteiger partial charge in [-0.3, -0.25) is 76.7 Å². The number of imidazole rings is 1. The number of carboxylic acid groups (broad SMARTS) is 1. The number of aromatic nitrogens is 3. The number of aliphatic hydroxyl groups is 1. The van der Waals surface area contributed by atoms with E-state index in [0.29, 0.717) is 112 Å². The summed E-state index contributed by atoms with van der Waals surface area (Å²) in [6.07, 6.45) is 4.63. The number of carbonyl (C=O) groups excluding carboxylic acids is 16. The normalized spacial score (nSPS) is 16.8. The maximum atomic E-state index is 14.9. The molecule has 1 saturated heterocycles. The number of hydrogen-bond donors (Lipinski definition) is 26. The van der Waals surface area contributed by atoms with Crippen molar-refractivity contribution in [1.82, 2.24) is 116 Å². The summed E-state index contributed by atoms with van der Waals surface area (Å²) in [5.74, 6) is -12.4. The van der Waals surface area contributed by atoms with Gasteiger partial charge in [0, 0.05) is 157 Å². The number of para-hydroxylation sites is 1. The van der Waals surface area contributed by atoms with Crippen LogP contribution in [-0.4, -0.2) is 300 Å². The number of aliphatic hydroxyl groups excluding tert-OH is 1. The number of halogens is 1. The smallest absolute Gasteiger partial charge is 0.326 e. The topological polar surface area (TPSA) is 691 Å². The zero-order chi connectivity index (χ0) is 111. The number of nitrogens with one attached hydrogen (secondary N) is 21. The molecule has 0 aliphatic carbocycles. The number of ether oxygens (including phenoxy) is 1. The van der Waals surface area contributed by atoms with Crippen LogP contribution >= 0.6 is 22.6 Å². The molecule has 2 aromatic heterocycles. The molecule has 3 heterocycles. The van der Waals surface area contributed by atoms with Crippen molar-refractivity contribution < 1.29 is 96.5 Å². The summed E-state index contributed by atoms with van der Waals surface area (Å²) in [4.78, 5) is 242. The molecular weight excluding hydrogens is 2050 g/mol. The number of nitrogens with two attached hydrogens (primary N) is 3. The predicted molar refractivity (Wildman–Crippen MR) is 574 cm³/mol. The van der Waals surface area contributed by atoms with Crippen LogP contribution in [0.4, 0.5) is 0 Å². The van der Waals surface area contributed by atoms with E-state index in [1.165, 1.54) is 19.4 Å². The van der Waals surface area contributed by atoms with Crippen molar-refractivity contribution in [1.29, 1.82) is 0 Å². The third-order valence-electron chi connectivity index (χ3n) is 25.2. The second kappa shape index (κ2) is 65.1. The molecule has 0 bridgehead atoms. The number of aromatic amines is 2. The average molecular weight is 2210 g/mol. The molecule has 10 unspecified atom stereocenters. The van der Waals surface area contributed by atoms with Crippen molar-refractivity contribution in [3.63, 3.8) is 0 Å². The number of aliphatic carboxylic acids is 1. The Kier molecular flexibility index (Phi) is 54.9. The molecule has 1 fully saturated rings. The van der Waals surface area contributed by atoms with Crippen LogP contribution in [0, 0.1) is 21.3 Å². The first-order valence-corrected chi connectivity index (χ1v) is 53.0. The fourth-order valence-corrected chi connectivity index (χ4v) is 17.4. The van der Waals surface area contributed by atoms with E-state index in [1.807, 2.05) is 58.9 Å². The number of rotatable bonds is 65. The van der Waals surface area contributed by atoms with E-state index < -0.39 is 185 Å². The number of carbonyl (C=O) groups is 17. The highest BCUT2D eigenvalue weighted by Gasteiger charge is 2.40. The number of aryl methyl sites for hydroxylation is 1. The molecule has 29 N–H and O–H groups in total. The number of amides is 16. The molecule has 16 amide bonds. The Hall–Kier alpha value is -12.2.